The van der Waals surface area contributed by atoms with Crippen LogP contribution < -0.4 is 5.73 Å². The van der Waals surface area contributed by atoms with Crippen LogP contribution in [0.15, 0.2) is 18.2 Å². The number of hydrogen-bond donors (Lipinski definition) is 1. The third-order valence-electron chi connectivity index (χ3n) is 3.78. The second-order valence-corrected chi connectivity index (χ2v) is 5.41. The molecule has 2 unspecified atom stereocenters. The van der Waals surface area contributed by atoms with Gasteiger partial charge in [-0.25, -0.2) is 8.78 Å². The number of rotatable bonds is 3. The molecule has 2 rings (SSSR count). The fourth-order valence-corrected chi connectivity index (χ4v) is 2.66. The van der Waals surface area contributed by atoms with E-state index in [4.69, 9.17) is 5.73 Å². The second-order valence-electron chi connectivity index (χ2n) is 5.41. The molecule has 0 radical (unpaired) electrons. The zero-order chi connectivity index (χ0) is 15.6. The van der Waals surface area contributed by atoms with Gasteiger partial charge < -0.3 is 10.6 Å². The Hall–Kier alpha value is -1.21. The summed E-state index contributed by atoms with van der Waals surface area (Å²) in [5.41, 5.74) is 5.81. The van der Waals surface area contributed by atoms with Crippen molar-refractivity contribution in [1.29, 1.82) is 0 Å². The van der Waals surface area contributed by atoms with Crippen molar-refractivity contribution in [3.8, 4) is 0 Å². The van der Waals surface area contributed by atoms with Crippen LogP contribution in [0.2, 0.25) is 0 Å². The van der Waals surface area contributed by atoms with Crippen molar-refractivity contribution >= 4 is 0 Å². The summed E-state index contributed by atoms with van der Waals surface area (Å²) in [6.45, 7) is 0.415. The molecule has 21 heavy (non-hydrogen) atoms. The quantitative estimate of drug-likeness (QED) is 0.869. The molecule has 1 aliphatic rings. The van der Waals surface area contributed by atoms with Crippen LogP contribution in [0.25, 0.3) is 0 Å². The Morgan fingerprint density at radius 3 is 2.67 bits per heavy atom. The second kappa shape index (κ2) is 6.27. The minimum Gasteiger partial charge on any atom is -0.323 e. The molecule has 1 fully saturated rings. The van der Waals surface area contributed by atoms with E-state index in [2.05, 4.69) is 0 Å². The fraction of sp³-hybridized carbons (Fsp3) is 0.571. The van der Waals surface area contributed by atoms with Gasteiger partial charge in [0.2, 0.25) is 0 Å². The van der Waals surface area contributed by atoms with Crippen molar-refractivity contribution < 1.29 is 22.0 Å². The summed E-state index contributed by atoms with van der Waals surface area (Å²) in [7, 11) is 0. The summed E-state index contributed by atoms with van der Waals surface area (Å²) < 4.78 is 64.9. The highest BCUT2D eigenvalue weighted by Crippen LogP contribution is 2.33. The summed E-state index contributed by atoms with van der Waals surface area (Å²) in [5.74, 6) is -2.64. The highest BCUT2D eigenvalue weighted by molar-refractivity contribution is 5.22. The van der Waals surface area contributed by atoms with E-state index in [-0.39, 0.29) is 25.1 Å². The predicted molar refractivity (Wildman–Crippen MR) is 68.5 cm³/mol. The molecule has 2 atom stereocenters. The number of piperidine rings is 1. The van der Waals surface area contributed by atoms with Gasteiger partial charge in [-0.3, -0.25) is 0 Å². The van der Waals surface area contributed by atoms with Gasteiger partial charge in [0.15, 0.2) is 0 Å². The predicted octanol–water partition coefficient (Wildman–Crippen LogP) is 3.24. The number of halogens is 5. The van der Waals surface area contributed by atoms with Crippen LogP contribution in [0.5, 0.6) is 0 Å². The first-order valence-corrected chi connectivity index (χ1v) is 6.77. The molecule has 118 valence electrons. The Kier molecular flexibility index (Phi) is 4.83. The molecular formula is C14H17F5N2. The van der Waals surface area contributed by atoms with Crippen molar-refractivity contribution in [1.82, 2.24) is 4.90 Å². The molecular weight excluding hydrogens is 291 g/mol. The van der Waals surface area contributed by atoms with E-state index in [0.29, 0.717) is 13.0 Å². The Morgan fingerprint density at radius 1 is 1.29 bits per heavy atom. The zero-order valence-electron chi connectivity index (χ0n) is 11.3. The van der Waals surface area contributed by atoms with E-state index < -0.39 is 29.8 Å². The first-order chi connectivity index (χ1) is 9.77. The van der Waals surface area contributed by atoms with E-state index in [1.807, 2.05) is 0 Å². The van der Waals surface area contributed by atoms with Crippen molar-refractivity contribution in [3.05, 3.63) is 35.4 Å². The Balaban J connectivity index is 2.02. The molecule has 0 bridgehead atoms. The van der Waals surface area contributed by atoms with Crippen LogP contribution in [0.3, 0.4) is 0 Å². The number of likely N-dealkylation sites (tertiary alicyclic amines) is 1. The van der Waals surface area contributed by atoms with Gasteiger partial charge in [0.05, 0.1) is 5.92 Å². The van der Waals surface area contributed by atoms with Crippen molar-refractivity contribution in [2.24, 2.45) is 11.7 Å². The van der Waals surface area contributed by atoms with Gasteiger partial charge in [0.1, 0.15) is 11.6 Å². The summed E-state index contributed by atoms with van der Waals surface area (Å²) in [6.07, 6.45) is -3.71. The number of alkyl halides is 3. The zero-order valence-corrected chi connectivity index (χ0v) is 11.3. The normalized spacial score (nSPS) is 22.3. The smallest absolute Gasteiger partial charge is 0.323 e. The molecule has 0 aliphatic carbocycles. The molecule has 2 N–H and O–H groups in total. The molecule has 7 heteroatoms. The lowest BCUT2D eigenvalue weighted by atomic mass is 9.96. The minimum atomic E-state index is -4.23. The van der Waals surface area contributed by atoms with Gasteiger partial charge in [0, 0.05) is 24.7 Å². The number of benzene rings is 1. The highest BCUT2D eigenvalue weighted by atomic mass is 19.4. The molecule has 0 aromatic heterocycles. The SMILES string of the molecule is NC(CN1CCCC(C(F)(F)F)C1)c1cc(F)ccc1F. The summed E-state index contributed by atoms with van der Waals surface area (Å²) in [5, 5.41) is 0. The van der Waals surface area contributed by atoms with Gasteiger partial charge in [-0.1, -0.05) is 0 Å². The van der Waals surface area contributed by atoms with Crippen LogP contribution >= 0.6 is 0 Å². The average molecular weight is 308 g/mol. The summed E-state index contributed by atoms with van der Waals surface area (Å²) >= 11 is 0. The van der Waals surface area contributed by atoms with Crippen molar-refractivity contribution in [3.63, 3.8) is 0 Å². The molecule has 1 saturated heterocycles. The van der Waals surface area contributed by atoms with Crippen molar-refractivity contribution in [2.45, 2.75) is 25.1 Å². The molecule has 1 aromatic carbocycles. The Labute approximate surface area is 119 Å². The third kappa shape index (κ3) is 4.14. The lowest BCUT2D eigenvalue weighted by molar-refractivity contribution is -0.186. The van der Waals surface area contributed by atoms with Crippen LogP contribution in [0.1, 0.15) is 24.4 Å². The maximum absolute atomic E-state index is 13.6. The lowest BCUT2D eigenvalue weighted by Crippen LogP contribution is -2.44. The van der Waals surface area contributed by atoms with E-state index >= 15 is 0 Å². The molecule has 0 saturated carbocycles. The van der Waals surface area contributed by atoms with Gasteiger partial charge in [0.25, 0.3) is 0 Å². The number of nitrogens with zero attached hydrogens (tertiary/aromatic N) is 1. The fourth-order valence-electron chi connectivity index (χ4n) is 2.66. The lowest BCUT2D eigenvalue weighted by Gasteiger charge is -2.35. The molecule has 1 aromatic rings. The van der Waals surface area contributed by atoms with Crippen LogP contribution in [-0.4, -0.2) is 30.7 Å². The van der Waals surface area contributed by atoms with E-state index in [1.165, 1.54) is 0 Å². The summed E-state index contributed by atoms with van der Waals surface area (Å²) in [4.78, 5) is 1.57. The van der Waals surface area contributed by atoms with Gasteiger partial charge >= 0.3 is 6.18 Å². The first kappa shape index (κ1) is 16.2. The standard InChI is InChI=1S/C14H17F5N2/c15-10-3-4-12(16)11(6-10)13(20)8-21-5-1-2-9(7-21)14(17,18)19/h3-4,6,9,13H,1-2,5,7-8,20H2. The van der Waals surface area contributed by atoms with Crippen LogP contribution in [-0.2, 0) is 0 Å². The van der Waals surface area contributed by atoms with Gasteiger partial charge in [-0.05, 0) is 37.6 Å². The van der Waals surface area contributed by atoms with Crippen molar-refractivity contribution in [2.75, 3.05) is 19.6 Å². The van der Waals surface area contributed by atoms with E-state index in [9.17, 15) is 22.0 Å². The molecule has 1 heterocycles. The Morgan fingerprint density at radius 2 is 2.00 bits per heavy atom. The average Bonchev–Trinajstić information content (AvgIpc) is 2.41. The third-order valence-corrected chi connectivity index (χ3v) is 3.78. The minimum absolute atomic E-state index is 0.0101. The monoisotopic (exact) mass is 308 g/mol. The molecule has 1 aliphatic heterocycles. The Bertz CT molecular complexity index is 489. The topological polar surface area (TPSA) is 29.3 Å². The first-order valence-electron chi connectivity index (χ1n) is 6.77. The summed E-state index contributed by atoms with van der Waals surface area (Å²) in [6, 6.07) is 2.09. The maximum atomic E-state index is 13.6. The van der Waals surface area contributed by atoms with E-state index in [0.717, 1.165) is 18.2 Å². The van der Waals surface area contributed by atoms with Gasteiger partial charge in [-0.2, -0.15) is 13.2 Å². The number of nitrogens with two attached hydrogens (primary N) is 1. The highest BCUT2D eigenvalue weighted by Gasteiger charge is 2.41. The molecule has 0 amide bonds. The van der Waals surface area contributed by atoms with Crippen LogP contribution in [0, 0.1) is 17.6 Å². The molecule has 2 nitrogen and oxygen atoms in total. The van der Waals surface area contributed by atoms with Crippen LogP contribution in [0.4, 0.5) is 22.0 Å². The maximum Gasteiger partial charge on any atom is 0.393 e. The van der Waals surface area contributed by atoms with Gasteiger partial charge in [-0.15, -0.1) is 0 Å². The largest absolute Gasteiger partial charge is 0.393 e. The molecule has 0 spiro atoms. The number of hydrogen-bond acceptors (Lipinski definition) is 2. The van der Waals surface area contributed by atoms with E-state index in [1.54, 1.807) is 4.90 Å².